The molecular weight excluding hydrogens is 362 g/mol. The minimum Gasteiger partial charge on any atom is -0.496 e. The molecule has 1 aromatic rings. The van der Waals surface area contributed by atoms with Crippen LogP contribution < -0.4 is 15.6 Å². The molecule has 1 fully saturated rings. The second-order valence-corrected chi connectivity index (χ2v) is 8.23. The second kappa shape index (κ2) is 8.77. The first kappa shape index (κ1) is 21.9. The standard InChI is InChI=1S/C20H31N3O5/c1-5-19(2,3)12-15(24)23-10-7-20(27,8-11-23)13-22-18(26)16-14(28-4)6-9-21-17(16)25/h6,9,27H,5,7-8,10-13H2,1-4H3,(H,21,25)(H,22,26). The van der Waals surface area contributed by atoms with Crippen LogP contribution in [0, 0.1) is 5.41 Å². The molecule has 8 nitrogen and oxygen atoms in total. The highest BCUT2D eigenvalue weighted by atomic mass is 16.5. The molecule has 0 bridgehead atoms. The number of nitrogens with one attached hydrogen (secondary N) is 2. The number of methoxy groups -OCH3 is 1. The van der Waals surface area contributed by atoms with Crippen LogP contribution in [0.2, 0.25) is 0 Å². The molecular formula is C20H31N3O5. The van der Waals surface area contributed by atoms with Crippen LogP contribution in [-0.4, -0.2) is 59.1 Å². The Hall–Kier alpha value is -2.35. The van der Waals surface area contributed by atoms with Crippen LogP contribution >= 0.6 is 0 Å². The summed E-state index contributed by atoms with van der Waals surface area (Å²) in [4.78, 5) is 41.0. The summed E-state index contributed by atoms with van der Waals surface area (Å²) in [5.41, 5.74) is -1.83. The van der Waals surface area contributed by atoms with Crippen molar-refractivity contribution in [2.24, 2.45) is 5.41 Å². The molecule has 0 radical (unpaired) electrons. The van der Waals surface area contributed by atoms with Gasteiger partial charge in [-0.15, -0.1) is 0 Å². The average molecular weight is 393 g/mol. The van der Waals surface area contributed by atoms with E-state index >= 15 is 0 Å². The summed E-state index contributed by atoms with van der Waals surface area (Å²) >= 11 is 0. The number of hydrogen-bond acceptors (Lipinski definition) is 5. The lowest BCUT2D eigenvalue weighted by Crippen LogP contribution is -2.52. The maximum absolute atomic E-state index is 12.5. The molecule has 0 aliphatic carbocycles. The Morgan fingerprint density at radius 3 is 2.57 bits per heavy atom. The predicted molar refractivity (Wildman–Crippen MR) is 105 cm³/mol. The number of H-pyrrole nitrogens is 1. The topological polar surface area (TPSA) is 112 Å². The lowest BCUT2D eigenvalue weighted by atomic mass is 9.85. The number of amides is 2. The minimum atomic E-state index is -1.11. The Morgan fingerprint density at radius 2 is 2.00 bits per heavy atom. The largest absolute Gasteiger partial charge is 0.496 e. The van der Waals surface area contributed by atoms with E-state index in [9.17, 15) is 19.5 Å². The van der Waals surface area contributed by atoms with E-state index in [0.29, 0.717) is 32.4 Å². The van der Waals surface area contributed by atoms with E-state index in [4.69, 9.17) is 4.74 Å². The van der Waals surface area contributed by atoms with Gasteiger partial charge in [-0.1, -0.05) is 27.2 Å². The summed E-state index contributed by atoms with van der Waals surface area (Å²) in [6, 6.07) is 1.49. The summed E-state index contributed by atoms with van der Waals surface area (Å²) < 4.78 is 5.07. The van der Waals surface area contributed by atoms with Crippen molar-refractivity contribution in [3.8, 4) is 5.75 Å². The van der Waals surface area contributed by atoms with Gasteiger partial charge in [-0.05, 0) is 24.3 Å². The quantitative estimate of drug-likeness (QED) is 0.646. The first-order valence-electron chi connectivity index (χ1n) is 9.65. The number of carbonyl (C=O) groups is 2. The zero-order valence-electron chi connectivity index (χ0n) is 17.1. The molecule has 0 atom stereocenters. The van der Waals surface area contributed by atoms with Crippen molar-refractivity contribution < 1.29 is 19.4 Å². The molecule has 0 spiro atoms. The average Bonchev–Trinajstić information content (AvgIpc) is 2.66. The minimum absolute atomic E-state index is 0.00576. The summed E-state index contributed by atoms with van der Waals surface area (Å²) in [6.45, 7) is 7.10. The number of pyridine rings is 1. The lowest BCUT2D eigenvalue weighted by molar-refractivity contribution is -0.137. The maximum Gasteiger partial charge on any atom is 0.264 e. The molecule has 0 saturated carbocycles. The van der Waals surface area contributed by atoms with Crippen LogP contribution in [-0.2, 0) is 4.79 Å². The van der Waals surface area contributed by atoms with Gasteiger partial charge in [0.1, 0.15) is 11.3 Å². The van der Waals surface area contributed by atoms with E-state index in [1.54, 1.807) is 4.90 Å². The normalized spacial score (nSPS) is 16.5. The molecule has 0 unspecified atom stereocenters. The smallest absolute Gasteiger partial charge is 0.264 e. The van der Waals surface area contributed by atoms with Gasteiger partial charge in [0.15, 0.2) is 0 Å². The van der Waals surface area contributed by atoms with Gasteiger partial charge in [-0.2, -0.15) is 0 Å². The Morgan fingerprint density at radius 1 is 1.36 bits per heavy atom. The van der Waals surface area contributed by atoms with Crippen LogP contribution in [0.15, 0.2) is 17.1 Å². The number of nitrogens with zero attached hydrogens (tertiary/aromatic N) is 1. The molecule has 2 amide bonds. The van der Waals surface area contributed by atoms with Gasteiger partial charge in [0.05, 0.1) is 12.7 Å². The number of rotatable bonds is 7. The zero-order chi connectivity index (χ0) is 20.9. The van der Waals surface area contributed by atoms with Crippen molar-refractivity contribution in [3.63, 3.8) is 0 Å². The van der Waals surface area contributed by atoms with Gasteiger partial charge in [0.25, 0.3) is 11.5 Å². The molecule has 2 heterocycles. The van der Waals surface area contributed by atoms with Gasteiger partial charge < -0.3 is 25.0 Å². The van der Waals surface area contributed by atoms with E-state index in [-0.39, 0.29) is 29.2 Å². The molecule has 8 heteroatoms. The summed E-state index contributed by atoms with van der Waals surface area (Å²) in [5.74, 6) is -0.332. The van der Waals surface area contributed by atoms with Crippen LogP contribution in [0.1, 0.15) is 56.8 Å². The monoisotopic (exact) mass is 393 g/mol. The molecule has 0 aromatic carbocycles. The Labute approximate surface area is 165 Å². The van der Waals surface area contributed by atoms with Crippen molar-refractivity contribution in [2.45, 2.75) is 52.1 Å². The number of ether oxygens (including phenoxy) is 1. The third-order valence-electron chi connectivity index (χ3n) is 5.58. The first-order valence-corrected chi connectivity index (χ1v) is 9.65. The second-order valence-electron chi connectivity index (χ2n) is 8.23. The fraction of sp³-hybridized carbons (Fsp3) is 0.650. The number of carbonyl (C=O) groups excluding carboxylic acids is 2. The lowest BCUT2D eigenvalue weighted by Gasteiger charge is -2.39. The summed E-state index contributed by atoms with van der Waals surface area (Å²) in [6.07, 6.45) is 3.54. The molecule has 28 heavy (non-hydrogen) atoms. The van der Waals surface area contributed by atoms with Crippen molar-refractivity contribution >= 4 is 11.8 Å². The van der Waals surface area contributed by atoms with Crippen molar-refractivity contribution in [1.82, 2.24) is 15.2 Å². The highest BCUT2D eigenvalue weighted by Crippen LogP contribution is 2.28. The van der Waals surface area contributed by atoms with Crippen LogP contribution in [0.3, 0.4) is 0 Å². The number of likely N-dealkylation sites (tertiary alicyclic amines) is 1. The molecule has 1 aliphatic heterocycles. The van der Waals surface area contributed by atoms with Crippen LogP contribution in [0.25, 0.3) is 0 Å². The van der Waals surface area contributed by atoms with E-state index < -0.39 is 17.1 Å². The fourth-order valence-electron chi connectivity index (χ4n) is 3.17. The third-order valence-corrected chi connectivity index (χ3v) is 5.58. The van der Waals surface area contributed by atoms with Gasteiger partial charge in [0.2, 0.25) is 5.91 Å². The highest BCUT2D eigenvalue weighted by molar-refractivity contribution is 5.96. The highest BCUT2D eigenvalue weighted by Gasteiger charge is 2.35. The third kappa shape index (κ3) is 5.34. The number of aliphatic hydroxyl groups is 1. The summed E-state index contributed by atoms with van der Waals surface area (Å²) in [7, 11) is 1.38. The van der Waals surface area contributed by atoms with E-state index in [2.05, 4.69) is 31.1 Å². The molecule has 1 saturated heterocycles. The number of hydrogen-bond donors (Lipinski definition) is 3. The van der Waals surface area contributed by atoms with Crippen LogP contribution in [0.5, 0.6) is 5.75 Å². The molecule has 1 aliphatic rings. The molecule has 156 valence electrons. The maximum atomic E-state index is 12.5. The van der Waals surface area contributed by atoms with Crippen molar-refractivity contribution in [3.05, 3.63) is 28.2 Å². The Balaban J connectivity index is 1.92. The van der Waals surface area contributed by atoms with E-state index in [1.807, 2.05) is 0 Å². The molecule has 1 aromatic heterocycles. The molecule has 3 N–H and O–H groups in total. The van der Waals surface area contributed by atoms with Gasteiger partial charge in [0, 0.05) is 32.3 Å². The van der Waals surface area contributed by atoms with Crippen LogP contribution in [0.4, 0.5) is 0 Å². The van der Waals surface area contributed by atoms with E-state index in [1.165, 1.54) is 19.4 Å². The Bertz CT molecular complexity index is 763. The van der Waals surface area contributed by atoms with Gasteiger partial charge in [-0.25, -0.2) is 0 Å². The number of aromatic nitrogens is 1. The number of aromatic amines is 1. The number of piperidine rings is 1. The summed E-state index contributed by atoms with van der Waals surface area (Å²) in [5, 5.41) is 13.4. The molecule has 2 rings (SSSR count). The first-order chi connectivity index (χ1) is 13.1. The van der Waals surface area contributed by atoms with Crippen molar-refractivity contribution in [2.75, 3.05) is 26.7 Å². The SMILES string of the molecule is CCC(C)(C)CC(=O)N1CCC(O)(CNC(=O)c2c(OC)cc[nH]c2=O)CC1. The Kier molecular flexibility index (Phi) is 6.87. The van der Waals surface area contributed by atoms with E-state index in [0.717, 1.165) is 6.42 Å². The van der Waals surface area contributed by atoms with Gasteiger partial charge in [-0.3, -0.25) is 14.4 Å². The fourth-order valence-corrected chi connectivity index (χ4v) is 3.17. The van der Waals surface area contributed by atoms with Gasteiger partial charge >= 0.3 is 0 Å². The zero-order valence-corrected chi connectivity index (χ0v) is 17.1. The van der Waals surface area contributed by atoms with Crippen molar-refractivity contribution in [1.29, 1.82) is 0 Å². The predicted octanol–water partition coefficient (Wildman–Crippen LogP) is 1.29.